The van der Waals surface area contributed by atoms with Crippen molar-refractivity contribution in [2.45, 2.75) is 20.4 Å². The van der Waals surface area contributed by atoms with Gasteiger partial charge in [-0.3, -0.25) is 13.9 Å². The second-order valence-electron chi connectivity index (χ2n) is 8.30. The molecule has 1 amide bonds. The number of allylic oxidation sites excluding steroid dienone is 1. The Morgan fingerprint density at radius 2 is 1.83 bits per heavy atom. The summed E-state index contributed by atoms with van der Waals surface area (Å²) in [5.41, 5.74) is 7.03. The lowest BCUT2D eigenvalue weighted by Gasteiger charge is -2.08. The SMILES string of the molecule is CC(C)C=C(C#N)C(=O)NCCn1c(=O)n(-c2ccc(Oc3ccccc3)cc2)c2c(N)ncnc21. The van der Waals surface area contributed by atoms with Crippen LogP contribution >= 0.6 is 0 Å². The first-order chi connectivity index (χ1) is 17.4. The lowest BCUT2D eigenvalue weighted by molar-refractivity contribution is -0.117. The molecule has 2 aromatic carbocycles. The Bertz CT molecular complexity index is 1510. The summed E-state index contributed by atoms with van der Waals surface area (Å²) in [6, 6.07) is 18.3. The fourth-order valence-corrected chi connectivity index (χ4v) is 3.70. The summed E-state index contributed by atoms with van der Waals surface area (Å²) in [6.45, 7) is 4.00. The molecule has 2 aromatic heterocycles. The number of para-hydroxylation sites is 1. The van der Waals surface area contributed by atoms with E-state index in [-0.39, 0.29) is 36.1 Å². The highest BCUT2D eigenvalue weighted by Gasteiger charge is 2.19. The molecule has 0 radical (unpaired) electrons. The van der Waals surface area contributed by atoms with Gasteiger partial charge in [-0.15, -0.1) is 0 Å². The molecule has 3 N–H and O–H groups in total. The van der Waals surface area contributed by atoms with Crippen molar-refractivity contribution >= 4 is 22.9 Å². The van der Waals surface area contributed by atoms with E-state index in [9.17, 15) is 14.9 Å². The average Bonchev–Trinajstić information content (AvgIpc) is 3.16. The predicted molar refractivity (Wildman–Crippen MR) is 136 cm³/mol. The number of ether oxygens (including phenoxy) is 1. The normalized spacial score (nSPS) is 11.4. The topological polar surface area (TPSA) is 141 Å². The lowest BCUT2D eigenvalue weighted by Crippen LogP contribution is -2.32. The van der Waals surface area contributed by atoms with Crippen molar-refractivity contribution in [3.8, 4) is 23.3 Å². The van der Waals surface area contributed by atoms with Crippen molar-refractivity contribution in [1.82, 2.24) is 24.4 Å². The van der Waals surface area contributed by atoms with Crippen molar-refractivity contribution in [3.05, 3.63) is 83.1 Å². The molecule has 0 aliphatic carbocycles. The molecule has 0 spiro atoms. The number of carbonyl (C=O) groups is 1. The van der Waals surface area contributed by atoms with E-state index in [0.29, 0.717) is 28.4 Å². The van der Waals surface area contributed by atoms with Crippen LogP contribution < -0.4 is 21.5 Å². The first-order valence-corrected chi connectivity index (χ1v) is 11.3. The van der Waals surface area contributed by atoms with E-state index in [4.69, 9.17) is 10.5 Å². The van der Waals surface area contributed by atoms with Gasteiger partial charge in [-0.1, -0.05) is 38.1 Å². The van der Waals surface area contributed by atoms with Crippen LogP contribution in [-0.2, 0) is 11.3 Å². The molecule has 0 atom stereocenters. The van der Waals surface area contributed by atoms with E-state index in [1.807, 2.05) is 50.2 Å². The molecule has 0 aliphatic rings. The van der Waals surface area contributed by atoms with Crippen LogP contribution in [0.4, 0.5) is 5.82 Å². The minimum atomic E-state index is -0.494. The predicted octanol–water partition coefficient (Wildman–Crippen LogP) is 3.18. The Labute approximate surface area is 207 Å². The van der Waals surface area contributed by atoms with E-state index in [1.54, 1.807) is 30.3 Å². The minimum Gasteiger partial charge on any atom is -0.457 e. The summed E-state index contributed by atoms with van der Waals surface area (Å²) in [5, 5.41) is 11.9. The third-order valence-electron chi connectivity index (χ3n) is 5.29. The maximum atomic E-state index is 13.4. The quantitative estimate of drug-likeness (QED) is 0.290. The number of nitrogens with one attached hydrogen (secondary N) is 1. The van der Waals surface area contributed by atoms with E-state index < -0.39 is 5.91 Å². The summed E-state index contributed by atoms with van der Waals surface area (Å²) in [7, 11) is 0. The Hall–Kier alpha value is -4.91. The number of aromatic nitrogens is 4. The lowest BCUT2D eigenvalue weighted by atomic mass is 10.1. The van der Waals surface area contributed by atoms with Crippen LogP contribution in [0.3, 0.4) is 0 Å². The molecular formula is C26H25N7O3. The number of fused-ring (bicyclic) bond motifs is 1. The number of nitrogens with two attached hydrogens (primary N) is 1. The van der Waals surface area contributed by atoms with Crippen LogP contribution in [-0.4, -0.2) is 31.6 Å². The first-order valence-electron chi connectivity index (χ1n) is 11.3. The monoisotopic (exact) mass is 483 g/mol. The highest BCUT2D eigenvalue weighted by atomic mass is 16.5. The number of nitriles is 1. The number of benzene rings is 2. The van der Waals surface area contributed by atoms with Gasteiger partial charge in [0.1, 0.15) is 35.0 Å². The zero-order chi connectivity index (χ0) is 25.7. The van der Waals surface area contributed by atoms with Gasteiger partial charge in [0.15, 0.2) is 11.5 Å². The van der Waals surface area contributed by atoms with Crippen LogP contribution in [0.1, 0.15) is 13.8 Å². The van der Waals surface area contributed by atoms with Crippen molar-refractivity contribution in [2.24, 2.45) is 5.92 Å². The van der Waals surface area contributed by atoms with Gasteiger partial charge in [0.25, 0.3) is 5.91 Å². The molecule has 0 bridgehead atoms. The summed E-state index contributed by atoms with van der Waals surface area (Å²) in [6.07, 6.45) is 2.87. The largest absolute Gasteiger partial charge is 0.457 e. The van der Waals surface area contributed by atoms with E-state index in [2.05, 4.69) is 15.3 Å². The van der Waals surface area contributed by atoms with Gasteiger partial charge in [-0.05, 0) is 42.3 Å². The van der Waals surface area contributed by atoms with Crippen molar-refractivity contribution in [2.75, 3.05) is 12.3 Å². The number of rotatable bonds is 8. The van der Waals surface area contributed by atoms with Gasteiger partial charge in [-0.25, -0.2) is 14.8 Å². The smallest absolute Gasteiger partial charge is 0.335 e. The van der Waals surface area contributed by atoms with Crippen molar-refractivity contribution in [3.63, 3.8) is 0 Å². The molecule has 0 unspecified atom stereocenters. The number of hydrogen-bond acceptors (Lipinski definition) is 7. The Kier molecular flexibility index (Phi) is 7.11. The first kappa shape index (κ1) is 24.2. The van der Waals surface area contributed by atoms with Gasteiger partial charge in [0.2, 0.25) is 0 Å². The number of carbonyl (C=O) groups excluding carboxylic acids is 1. The van der Waals surface area contributed by atoms with Gasteiger partial charge >= 0.3 is 5.69 Å². The van der Waals surface area contributed by atoms with Gasteiger partial charge in [0.05, 0.1) is 5.69 Å². The standard InChI is InChI=1S/C26H25N7O3/c1-17(2)14-18(15-27)25(34)29-12-13-32-24-22(23(28)30-16-31-24)33(26(32)35)19-8-10-21(11-9-19)36-20-6-4-3-5-7-20/h3-11,14,16-17H,12-13H2,1-2H3,(H,29,34)(H2,28,30,31). The number of imidazole rings is 1. The number of nitrogens with zero attached hydrogens (tertiary/aromatic N) is 5. The molecular weight excluding hydrogens is 458 g/mol. The Balaban J connectivity index is 1.61. The van der Waals surface area contributed by atoms with Crippen LogP contribution in [0.2, 0.25) is 0 Å². The van der Waals surface area contributed by atoms with E-state index in [1.165, 1.54) is 15.5 Å². The van der Waals surface area contributed by atoms with Crippen LogP contribution in [0, 0.1) is 17.2 Å². The number of amides is 1. The number of nitrogen functional groups attached to an aromatic ring is 1. The van der Waals surface area contributed by atoms with Crippen LogP contribution in [0.25, 0.3) is 16.9 Å². The van der Waals surface area contributed by atoms with Crippen molar-refractivity contribution < 1.29 is 9.53 Å². The minimum absolute atomic E-state index is 0.0316. The van der Waals surface area contributed by atoms with Crippen LogP contribution in [0.5, 0.6) is 11.5 Å². The van der Waals surface area contributed by atoms with Gasteiger partial charge in [0, 0.05) is 13.1 Å². The molecule has 4 rings (SSSR count). The maximum Gasteiger partial charge on any atom is 0.335 e. The zero-order valence-corrected chi connectivity index (χ0v) is 19.9. The summed E-state index contributed by atoms with van der Waals surface area (Å²) >= 11 is 0. The molecule has 36 heavy (non-hydrogen) atoms. The fraction of sp³-hybridized carbons (Fsp3) is 0.192. The van der Waals surface area contributed by atoms with E-state index >= 15 is 0 Å². The third kappa shape index (κ3) is 5.10. The molecule has 2 heterocycles. The highest BCUT2D eigenvalue weighted by molar-refractivity contribution is 5.97. The second kappa shape index (κ2) is 10.6. The summed E-state index contributed by atoms with van der Waals surface area (Å²) in [4.78, 5) is 34.1. The second-order valence-corrected chi connectivity index (χ2v) is 8.30. The molecule has 0 saturated carbocycles. The molecule has 4 aromatic rings. The average molecular weight is 484 g/mol. The number of hydrogen-bond donors (Lipinski definition) is 2. The molecule has 0 fully saturated rings. The molecule has 182 valence electrons. The number of anilines is 1. The maximum absolute atomic E-state index is 13.4. The van der Waals surface area contributed by atoms with Crippen LogP contribution in [0.15, 0.2) is 77.4 Å². The third-order valence-corrected chi connectivity index (χ3v) is 5.29. The van der Waals surface area contributed by atoms with E-state index in [0.717, 1.165) is 0 Å². The summed E-state index contributed by atoms with van der Waals surface area (Å²) in [5.74, 6) is 1.01. The summed E-state index contributed by atoms with van der Waals surface area (Å²) < 4.78 is 8.68. The van der Waals surface area contributed by atoms with Gasteiger partial charge in [-0.2, -0.15) is 5.26 Å². The molecule has 0 aliphatic heterocycles. The Morgan fingerprint density at radius 3 is 2.50 bits per heavy atom. The van der Waals surface area contributed by atoms with Crippen molar-refractivity contribution in [1.29, 1.82) is 5.26 Å². The molecule has 10 nitrogen and oxygen atoms in total. The fourth-order valence-electron chi connectivity index (χ4n) is 3.70. The van der Waals surface area contributed by atoms with Gasteiger partial charge < -0.3 is 15.8 Å². The zero-order valence-electron chi connectivity index (χ0n) is 19.9. The Morgan fingerprint density at radius 1 is 1.14 bits per heavy atom. The highest BCUT2D eigenvalue weighted by Crippen LogP contribution is 2.24. The molecule has 0 saturated heterocycles. The molecule has 10 heteroatoms.